The fourth-order valence-electron chi connectivity index (χ4n) is 4.31. The Kier molecular flexibility index (Phi) is 7.75. The number of hydrogen-bond acceptors (Lipinski definition) is 8. The molecule has 2 fully saturated rings. The van der Waals surface area contributed by atoms with Crippen molar-refractivity contribution in [2.24, 2.45) is 11.7 Å². The molecule has 0 bridgehead atoms. The van der Waals surface area contributed by atoms with E-state index in [-0.39, 0.29) is 23.6 Å². The van der Waals surface area contributed by atoms with Crippen molar-refractivity contribution in [3.05, 3.63) is 54.4 Å². The van der Waals surface area contributed by atoms with Crippen LogP contribution in [0.15, 0.2) is 43.1 Å². The number of carbonyl (C=O) groups is 3. The Hall–Kier alpha value is -4.27. The second kappa shape index (κ2) is 11.0. The number of imidazole rings is 1. The molecule has 38 heavy (non-hydrogen) atoms. The zero-order chi connectivity index (χ0) is 27.4. The van der Waals surface area contributed by atoms with Gasteiger partial charge in [0.1, 0.15) is 23.5 Å². The predicted octanol–water partition coefficient (Wildman–Crippen LogP) is 1.98. The highest BCUT2D eigenvalue weighted by Crippen LogP contribution is 2.34. The maximum Gasteiger partial charge on any atom is 0.490 e. The third-order valence-electron chi connectivity index (χ3n) is 6.23. The first-order chi connectivity index (χ1) is 18.0. The maximum atomic E-state index is 13.3. The lowest BCUT2D eigenvalue weighted by molar-refractivity contribution is -0.192. The van der Waals surface area contributed by atoms with Crippen LogP contribution in [-0.2, 0) is 14.4 Å². The Balaban J connectivity index is 0.000000426. The number of anilines is 1. The molecule has 0 radical (unpaired) electrons. The molecule has 0 spiro atoms. The van der Waals surface area contributed by atoms with Gasteiger partial charge in [-0.1, -0.05) is 6.07 Å². The van der Waals surface area contributed by atoms with E-state index in [9.17, 15) is 22.8 Å². The molecule has 1 atom stereocenters. The minimum Gasteiger partial charge on any atom is -0.475 e. The van der Waals surface area contributed by atoms with E-state index in [0.717, 1.165) is 17.6 Å². The number of nitrogens with two attached hydrogens (primary N) is 1. The summed E-state index contributed by atoms with van der Waals surface area (Å²) in [7, 11) is 0. The summed E-state index contributed by atoms with van der Waals surface area (Å²) < 4.78 is 33.7. The summed E-state index contributed by atoms with van der Waals surface area (Å²) in [6.45, 7) is 1.84. The smallest absolute Gasteiger partial charge is 0.475 e. The molecule has 0 aliphatic carbocycles. The fraction of sp³-hybridized carbons (Fsp3) is 0.391. The minimum atomic E-state index is -5.08. The first-order valence-electron chi connectivity index (χ1n) is 11.6. The quantitative estimate of drug-likeness (QED) is 0.510. The number of rotatable bonds is 4. The van der Waals surface area contributed by atoms with Gasteiger partial charge >= 0.3 is 12.1 Å². The molecular weight excluding hydrogens is 511 g/mol. The van der Waals surface area contributed by atoms with Gasteiger partial charge in [0.05, 0.1) is 12.6 Å². The van der Waals surface area contributed by atoms with Gasteiger partial charge in [-0.15, -0.1) is 0 Å². The topological polar surface area (TPSA) is 156 Å². The van der Waals surface area contributed by atoms with Gasteiger partial charge < -0.3 is 20.1 Å². The third kappa shape index (κ3) is 5.99. The van der Waals surface area contributed by atoms with Gasteiger partial charge in [-0.25, -0.2) is 24.8 Å². The first kappa shape index (κ1) is 26.8. The number of nitrogens with zero attached hydrogens (tertiary/aromatic N) is 6. The Morgan fingerprint density at radius 2 is 1.79 bits per heavy atom. The standard InChI is InChI=1S/C21H23N7O3.C2HF3O2/c22-20(29)16-11-19(25-13-24-16)26-7-3-14(4-8-26)21(30)28-17(5-10-31-28)15-1-2-18-23-6-9-27(18)12-15;3-2(4,5)1(6)7/h1-2,6,9,11-14,17H,3-5,7-8,10H2,(H2,22,29);(H,6,7). The van der Waals surface area contributed by atoms with Crippen LogP contribution in [0.3, 0.4) is 0 Å². The van der Waals surface area contributed by atoms with Crippen LogP contribution in [0.5, 0.6) is 0 Å². The van der Waals surface area contributed by atoms with E-state index in [4.69, 9.17) is 20.5 Å². The number of aromatic nitrogens is 4. The molecule has 2 aliphatic rings. The van der Waals surface area contributed by atoms with E-state index in [0.29, 0.717) is 38.4 Å². The Bertz CT molecular complexity index is 1320. The number of carboxylic acid groups (broad SMARTS) is 1. The molecule has 5 rings (SSSR count). The summed E-state index contributed by atoms with van der Waals surface area (Å²) in [4.78, 5) is 53.7. The lowest BCUT2D eigenvalue weighted by atomic mass is 9.94. The highest BCUT2D eigenvalue weighted by atomic mass is 19.4. The van der Waals surface area contributed by atoms with E-state index in [2.05, 4.69) is 15.0 Å². The van der Waals surface area contributed by atoms with Gasteiger partial charge in [-0.2, -0.15) is 13.2 Å². The average molecular weight is 535 g/mol. The van der Waals surface area contributed by atoms with Crippen LogP contribution in [0.1, 0.15) is 41.4 Å². The van der Waals surface area contributed by atoms with Crippen LogP contribution in [-0.4, -0.2) is 73.2 Å². The molecule has 0 saturated carbocycles. The SMILES string of the molecule is NC(=O)c1cc(N2CCC(C(=O)N3OCCC3c3ccc4nccn4c3)CC2)ncn1.O=C(O)C(F)(F)F. The van der Waals surface area contributed by atoms with E-state index < -0.39 is 18.1 Å². The second-order valence-corrected chi connectivity index (χ2v) is 8.65. The predicted molar refractivity (Wildman–Crippen MR) is 125 cm³/mol. The summed E-state index contributed by atoms with van der Waals surface area (Å²) >= 11 is 0. The number of alkyl halides is 3. The summed E-state index contributed by atoms with van der Waals surface area (Å²) in [6, 6.07) is 5.46. The molecule has 3 N–H and O–H groups in total. The van der Waals surface area contributed by atoms with Crippen molar-refractivity contribution in [1.82, 2.24) is 24.4 Å². The molecule has 3 aromatic heterocycles. The molecule has 2 saturated heterocycles. The molecule has 1 unspecified atom stereocenters. The number of pyridine rings is 1. The number of primary amides is 1. The molecule has 0 aromatic carbocycles. The van der Waals surface area contributed by atoms with Crippen LogP contribution in [0.25, 0.3) is 5.65 Å². The molecule has 15 heteroatoms. The van der Waals surface area contributed by atoms with Gasteiger partial charge in [-0.05, 0) is 24.5 Å². The van der Waals surface area contributed by atoms with Crippen LogP contribution in [0.2, 0.25) is 0 Å². The number of hydroxylamine groups is 2. The van der Waals surface area contributed by atoms with E-state index in [1.165, 1.54) is 6.33 Å². The average Bonchev–Trinajstić information content (AvgIpc) is 3.57. The van der Waals surface area contributed by atoms with Crippen LogP contribution >= 0.6 is 0 Å². The Morgan fingerprint density at radius 3 is 2.45 bits per heavy atom. The van der Waals surface area contributed by atoms with Crippen LogP contribution in [0.4, 0.5) is 19.0 Å². The summed E-state index contributed by atoms with van der Waals surface area (Å²) in [6.07, 6.45) is 4.05. The molecular formula is C23H24F3N7O5. The molecule has 12 nitrogen and oxygen atoms in total. The number of carbonyl (C=O) groups excluding carboxylic acids is 2. The van der Waals surface area contributed by atoms with E-state index in [1.54, 1.807) is 17.3 Å². The zero-order valence-electron chi connectivity index (χ0n) is 19.9. The highest BCUT2D eigenvalue weighted by Gasteiger charge is 2.38. The van der Waals surface area contributed by atoms with Gasteiger partial charge in [-0.3, -0.25) is 14.4 Å². The summed E-state index contributed by atoms with van der Waals surface area (Å²) in [5.41, 5.74) is 7.41. The van der Waals surface area contributed by atoms with Crippen LogP contribution < -0.4 is 10.6 Å². The maximum absolute atomic E-state index is 13.3. The minimum absolute atomic E-state index is 0.0217. The molecule has 2 amide bonds. The third-order valence-corrected chi connectivity index (χ3v) is 6.23. The van der Waals surface area contributed by atoms with Crippen molar-refractivity contribution in [2.75, 3.05) is 24.6 Å². The van der Waals surface area contributed by atoms with E-state index in [1.807, 2.05) is 33.8 Å². The lowest BCUT2D eigenvalue weighted by Gasteiger charge is -2.34. The number of amides is 2. The molecule has 3 aromatic rings. The number of hydrogen-bond donors (Lipinski definition) is 2. The molecule has 2 aliphatic heterocycles. The van der Waals surface area contributed by atoms with Gasteiger partial charge in [0.25, 0.3) is 5.91 Å². The van der Waals surface area contributed by atoms with Gasteiger partial charge in [0, 0.05) is 50.1 Å². The number of halogens is 3. The number of carboxylic acids is 1. The largest absolute Gasteiger partial charge is 0.490 e. The van der Waals surface area contributed by atoms with Crippen molar-refractivity contribution < 1.29 is 37.5 Å². The highest BCUT2D eigenvalue weighted by molar-refractivity contribution is 5.91. The fourth-order valence-corrected chi connectivity index (χ4v) is 4.31. The summed E-state index contributed by atoms with van der Waals surface area (Å²) in [5.74, 6) is -2.79. The van der Waals surface area contributed by atoms with E-state index >= 15 is 0 Å². The molecule has 5 heterocycles. The monoisotopic (exact) mass is 535 g/mol. The van der Waals surface area contributed by atoms with Crippen molar-refractivity contribution in [3.8, 4) is 0 Å². The number of aliphatic carboxylic acids is 1. The zero-order valence-corrected chi connectivity index (χ0v) is 19.9. The molecule has 202 valence electrons. The Morgan fingerprint density at radius 1 is 1.08 bits per heavy atom. The normalized spacial score (nSPS) is 18.2. The van der Waals surface area contributed by atoms with Gasteiger partial charge in [0.2, 0.25) is 5.91 Å². The second-order valence-electron chi connectivity index (χ2n) is 8.65. The number of fused-ring (bicyclic) bond motifs is 1. The van der Waals surface area contributed by atoms with Crippen LogP contribution in [0, 0.1) is 5.92 Å². The first-order valence-corrected chi connectivity index (χ1v) is 11.6. The summed E-state index contributed by atoms with van der Waals surface area (Å²) in [5, 5.41) is 8.69. The van der Waals surface area contributed by atoms with Gasteiger partial charge in [0.15, 0.2) is 0 Å². The van der Waals surface area contributed by atoms with Crippen molar-refractivity contribution in [1.29, 1.82) is 0 Å². The lowest BCUT2D eigenvalue weighted by Crippen LogP contribution is -2.42. The van der Waals surface area contributed by atoms with Crippen molar-refractivity contribution in [3.63, 3.8) is 0 Å². The van der Waals surface area contributed by atoms with Crippen molar-refractivity contribution >= 4 is 29.2 Å². The number of piperidine rings is 1. The van der Waals surface area contributed by atoms with Crippen molar-refractivity contribution in [2.45, 2.75) is 31.5 Å². The Labute approximate surface area is 213 Å².